The van der Waals surface area contributed by atoms with E-state index in [9.17, 15) is 9.59 Å². The molecule has 0 fully saturated rings. The van der Waals surface area contributed by atoms with Crippen LogP contribution in [0.4, 0.5) is 0 Å². The van der Waals surface area contributed by atoms with Gasteiger partial charge in [0.2, 0.25) is 0 Å². The largest absolute Gasteiger partial charge is 0.329 e. The van der Waals surface area contributed by atoms with Crippen molar-refractivity contribution in [1.82, 2.24) is 19.3 Å². The second-order valence-corrected chi connectivity index (χ2v) is 3.01. The van der Waals surface area contributed by atoms with E-state index in [1.54, 1.807) is 7.05 Å². The zero-order chi connectivity index (χ0) is 10.3. The molecule has 2 aromatic heterocycles. The minimum Gasteiger partial charge on any atom is -0.278 e. The van der Waals surface area contributed by atoms with Crippen LogP contribution in [0.5, 0.6) is 0 Å². The highest BCUT2D eigenvalue weighted by Crippen LogP contribution is 2.04. The molecule has 0 radical (unpaired) electrons. The van der Waals surface area contributed by atoms with Crippen LogP contribution in [0.3, 0.4) is 0 Å². The molecule has 0 aliphatic rings. The molecule has 2 rings (SSSR count). The number of fused-ring (bicyclic) bond motifs is 1. The third kappa shape index (κ3) is 1.00. The van der Waals surface area contributed by atoms with E-state index in [1.165, 1.54) is 15.4 Å². The van der Waals surface area contributed by atoms with E-state index in [1.807, 2.05) is 6.92 Å². The Labute approximate surface area is 78.8 Å². The molecule has 0 saturated heterocycles. The number of H-pyrrole nitrogens is 1. The maximum Gasteiger partial charge on any atom is 0.329 e. The van der Waals surface area contributed by atoms with Crippen LogP contribution in [-0.4, -0.2) is 19.3 Å². The van der Waals surface area contributed by atoms with Crippen molar-refractivity contribution in [1.29, 1.82) is 0 Å². The van der Waals surface area contributed by atoms with Gasteiger partial charge in [-0.3, -0.25) is 19.0 Å². The molecular weight excluding hydrogens is 184 g/mol. The maximum absolute atomic E-state index is 11.4. The number of aryl methyl sites for hydroxylation is 2. The minimum absolute atomic E-state index is 0.386. The highest BCUT2D eigenvalue weighted by Gasteiger charge is 2.09. The van der Waals surface area contributed by atoms with Gasteiger partial charge in [-0.15, -0.1) is 0 Å². The van der Waals surface area contributed by atoms with Gasteiger partial charge < -0.3 is 0 Å². The fourth-order valence-electron chi connectivity index (χ4n) is 1.53. The Morgan fingerprint density at radius 1 is 1.50 bits per heavy atom. The minimum atomic E-state index is -0.395. The van der Waals surface area contributed by atoms with Crippen molar-refractivity contribution in [2.45, 2.75) is 13.5 Å². The quantitative estimate of drug-likeness (QED) is 0.661. The van der Waals surface area contributed by atoms with Crippen molar-refractivity contribution in [2.75, 3.05) is 0 Å². The number of nitrogens with one attached hydrogen (secondary N) is 1. The summed E-state index contributed by atoms with van der Waals surface area (Å²) < 4.78 is 3.00. The Balaban J connectivity index is 3.10. The van der Waals surface area contributed by atoms with Crippen LogP contribution in [0.15, 0.2) is 15.8 Å². The van der Waals surface area contributed by atoms with Gasteiger partial charge >= 0.3 is 5.69 Å². The summed E-state index contributed by atoms with van der Waals surface area (Å²) in [6.45, 7) is 2.35. The van der Waals surface area contributed by atoms with Crippen LogP contribution < -0.4 is 11.2 Å². The molecule has 0 bridgehead atoms. The number of rotatable bonds is 1. The SMILES string of the molecule is CCn1c(=O)[nH]c(=O)c2cnn(C)c21. The Kier molecular flexibility index (Phi) is 1.77. The lowest BCUT2D eigenvalue weighted by Gasteiger charge is -2.03. The molecule has 0 atom stereocenters. The summed E-state index contributed by atoms with van der Waals surface area (Å²) in [4.78, 5) is 25.0. The van der Waals surface area contributed by atoms with Crippen LogP contribution in [0, 0.1) is 0 Å². The van der Waals surface area contributed by atoms with Gasteiger partial charge in [-0.1, -0.05) is 0 Å². The fourth-order valence-corrected chi connectivity index (χ4v) is 1.53. The Bertz CT molecular complexity index is 589. The fraction of sp³-hybridized carbons (Fsp3) is 0.375. The van der Waals surface area contributed by atoms with E-state index in [4.69, 9.17) is 0 Å². The van der Waals surface area contributed by atoms with Crippen LogP contribution >= 0.6 is 0 Å². The molecule has 0 saturated carbocycles. The first kappa shape index (κ1) is 8.74. The molecule has 0 amide bonds. The number of aromatic amines is 1. The smallest absolute Gasteiger partial charge is 0.278 e. The van der Waals surface area contributed by atoms with Crippen LogP contribution in [0.1, 0.15) is 6.92 Å². The normalized spacial score (nSPS) is 11.0. The van der Waals surface area contributed by atoms with E-state index < -0.39 is 5.69 Å². The van der Waals surface area contributed by atoms with Gasteiger partial charge in [0.15, 0.2) is 0 Å². The summed E-state index contributed by atoms with van der Waals surface area (Å²) >= 11 is 0. The average Bonchev–Trinajstić information content (AvgIpc) is 2.50. The van der Waals surface area contributed by atoms with Gasteiger partial charge in [0, 0.05) is 13.6 Å². The van der Waals surface area contributed by atoms with Gasteiger partial charge in [0.25, 0.3) is 5.56 Å². The highest BCUT2D eigenvalue weighted by atomic mass is 16.2. The standard InChI is InChI=1S/C8H10N4O2/c1-3-12-7-5(4-9-11(7)2)6(13)10-8(12)14/h4H,3H2,1-2H3,(H,10,13,14). The number of hydrogen-bond donors (Lipinski definition) is 1. The zero-order valence-corrected chi connectivity index (χ0v) is 7.94. The number of hydrogen-bond acceptors (Lipinski definition) is 3. The van der Waals surface area contributed by atoms with Crippen molar-refractivity contribution in [3.05, 3.63) is 27.0 Å². The lowest BCUT2D eigenvalue weighted by molar-refractivity contribution is 0.677. The van der Waals surface area contributed by atoms with E-state index in [-0.39, 0.29) is 5.56 Å². The van der Waals surface area contributed by atoms with Crippen molar-refractivity contribution >= 4 is 11.0 Å². The van der Waals surface area contributed by atoms with Gasteiger partial charge in [0.1, 0.15) is 11.0 Å². The van der Waals surface area contributed by atoms with Crippen molar-refractivity contribution < 1.29 is 0 Å². The molecule has 2 aromatic rings. The van der Waals surface area contributed by atoms with E-state index in [2.05, 4.69) is 10.1 Å². The summed E-state index contributed by atoms with van der Waals surface area (Å²) in [5, 5.41) is 4.38. The first-order valence-electron chi connectivity index (χ1n) is 4.30. The second-order valence-electron chi connectivity index (χ2n) is 3.01. The molecule has 74 valence electrons. The average molecular weight is 194 g/mol. The molecule has 6 heteroatoms. The van der Waals surface area contributed by atoms with Gasteiger partial charge in [0.05, 0.1) is 6.20 Å². The first-order valence-corrected chi connectivity index (χ1v) is 4.30. The molecule has 1 N–H and O–H groups in total. The zero-order valence-electron chi connectivity index (χ0n) is 7.94. The van der Waals surface area contributed by atoms with Gasteiger partial charge in [-0.2, -0.15) is 5.10 Å². The summed E-state index contributed by atoms with van der Waals surface area (Å²) in [7, 11) is 1.70. The Morgan fingerprint density at radius 3 is 2.86 bits per heavy atom. The van der Waals surface area contributed by atoms with E-state index in [0.29, 0.717) is 17.6 Å². The lowest BCUT2D eigenvalue weighted by atomic mass is 10.4. The molecule has 0 aliphatic heterocycles. The van der Waals surface area contributed by atoms with E-state index >= 15 is 0 Å². The van der Waals surface area contributed by atoms with Crippen LogP contribution in [-0.2, 0) is 13.6 Å². The number of nitrogens with zero attached hydrogens (tertiary/aromatic N) is 3. The Hall–Kier alpha value is -1.85. The summed E-state index contributed by atoms with van der Waals surface area (Å²) in [5.74, 6) is 0. The second kappa shape index (κ2) is 2.83. The molecule has 6 nitrogen and oxygen atoms in total. The van der Waals surface area contributed by atoms with Crippen molar-refractivity contribution in [3.63, 3.8) is 0 Å². The molecule has 0 aromatic carbocycles. The molecule has 0 aliphatic carbocycles. The molecule has 2 heterocycles. The molecule has 0 spiro atoms. The third-order valence-electron chi connectivity index (χ3n) is 2.19. The molecular formula is C8H10N4O2. The first-order chi connectivity index (χ1) is 6.65. The van der Waals surface area contributed by atoms with Crippen molar-refractivity contribution in [2.24, 2.45) is 7.05 Å². The predicted octanol–water partition coefficient (Wildman–Crippen LogP) is -0.557. The lowest BCUT2D eigenvalue weighted by Crippen LogP contribution is -2.30. The summed E-state index contributed by atoms with van der Waals surface area (Å²) in [6, 6.07) is 0. The Morgan fingerprint density at radius 2 is 2.21 bits per heavy atom. The summed E-state index contributed by atoms with van der Waals surface area (Å²) in [6.07, 6.45) is 1.46. The van der Waals surface area contributed by atoms with Gasteiger partial charge in [-0.05, 0) is 6.92 Å². The van der Waals surface area contributed by atoms with Crippen LogP contribution in [0.2, 0.25) is 0 Å². The number of aromatic nitrogens is 4. The maximum atomic E-state index is 11.4. The van der Waals surface area contributed by atoms with Gasteiger partial charge in [-0.25, -0.2) is 4.79 Å². The van der Waals surface area contributed by atoms with Crippen LogP contribution in [0.25, 0.3) is 11.0 Å². The highest BCUT2D eigenvalue weighted by molar-refractivity contribution is 5.73. The molecule has 0 unspecified atom stereocenters. The topological polar surface area (TPSA) is 72.7 Å². The predicted molar refractivity (Wildman–Crippen MR) is 51.3 cm³/mol. The monoisotopic (exact) mass is 194 g/mol. The summed E-state index contributed by atoms with van der Waals surface area (Å²) in [5.41, 5.74) is -0.224. The molecule has 14 heavy (non-hydrogen) atoms. The van der Waals surface area contributed by atoms with E-state index in [0.717, 1.165) is 0 Å². The van der Waals surface area contributed by atoms with Crippen molar-refractivity contribution in [3.8, 4) is 0 Å². The third-order valence-corrected chi connectivity index (χ3v) is 2.19.